The zero-order chi connectivity index (χ0) is 16.9. The van der Waals surface area contributed by atoms with Crippen molar-refractivity contribution in [3.8, 4) is 0 Å². The van der Waals surface area contributed by atoms with Crippen LogP contribution in [0.25, 0.3) is 0 Å². The highest BCUT2D eigenvalue weighted by Gasteiger charge is 2.23. The molecule has 0 N–H and O–H groups in total. The van der Waals surface area contributed by atoms with Crippen molar-refractivity contribution >= 4 is 17.4 Å². The number of nitrogens with zero attached hydrogens (tertiary/aromatic N) is 4. The molecule has 1 saturated heterocycles. The van der Waals surface area contributed by atoms with Gasteiger partial charge in [-0.25, -0.2) is 9.97 Å². The lowest BCUT2D eigenvalue weighted by Crippen LogP contribution is -2.47. The summed E-state index contributed by atoms with van der Waals surface area (Å²) in [5.41, 5.74) is 1.16. The summed E-state index contributed by atoms with van der Waals surface area (Å²) in [6, 6.07) is 2.19. The molecule has 1 aliphatic heterocycles. The lowest BCUT2D eigenvalue weighted by molar-refractivity contribution is 0.258. The summed E-state index contributed by atoms with van der Waals surface area (Å²) in [6.45, 7) is 14.1. The third kappa shape index (κ3) is 5.32. The van der Waals surface area contributed by atoms with Crippen LogP contribution in [0.1, 0.15) is 52.1 Å². The van der Waals surface area contributed by atoms with Gasteiger partial charge in [-0.2, -0.15) is 0 Å². The first-order valence-corrected chi connectivity index (χ1v) is 9.39. The fourth-order valence-electron chi connectivity index (χ4n) is 2.85. The first kappa shape index (κ1) is 18.5. The molecule has 23 heavy (non-hydrogen) atoms. The molecule has 0 bridgehead atoms. The number of aryl methyl sites for hydroxylation is 1. The molecule has 0 aliphatic carbocycles. The summed E-state index contributed by atoms with van der Waals surface area (Å²) in [5, 5.41) is 0. The van der Waals surface area contributed by atoms with Crippen LogP contribution in [0.15, 0.2) is 6.07 Å². The van der Waals surface area contributed by atoms with Crippen molar-refractivity contribution in [1.29, 1.82) is 0 Å². The van der Waals surface area contributed by atoms with E-state index in [0.29, 0.717) is 0 Å². The van der Waals surface area contributed by atoms with Crippen molar-refractivity contribution < 1.29 is 0 Å². The van der Waals surface area contributed by atoms with E-state index in [-0.39, 0.29) is 5.41 Å². The largest absolute Gasteiger partial charge is 0.354 e. The second kappa shape index (κ2) is 8.29. The van der Waals surface area contributed by atoms with E-state index in [4.69, 9.17) is 21.6 Å². The van der Waals surface area contributed by atoms with Crippen molar-refractivity contribution in [2.24, 2.45) is 0 Å². The molecule has 0 saturated carbocycles. The third-order valence-corrected chi connectivity index (χ3v) is 4.51. The average molecular weight is 339 g/mol. The van der Waals surface area contributed by atoms with Gasteiger partial charge >= 0.3 is 0 Å². The minimum absolute atomic E-state index is 0.0132. The van der Waals surface area contributed by atoms with Gasteiger partial charge in [-0.05, 0) is 19.4 Å². The van der Waals surface area contributed by atoms with Crippen molar-refractivity contribution in [3.63, 3.8) is 0 Å². The molecule has 0 spiro atoms. The highest BCUT2D eigenvalue weighted by Crippen LogP contribution is 2.23. The Bertz CT molecular complexity index is 490. The van der Waals surface area contributed by atoms with Crippen molar-refractivity contribution in [2.45, 2.75) is 52.4 Å². The van der Waals surface area contributed by atoms with Crippen LogP contribution in [0, 0.1) is 0 Å². The molecule has 0 radical (unpaired) electrons. The van der Waals surface area contributed by atoms with Gasteiger partial charge in [0.15, 0.2) is 0 Å². The van der Waals surface area contributed by atoms with Crippen molar-refractivity contribution in [3.05, 3.63) is 17.6 Å². The lowest BCUT2D eigenvalue weighted by Gasteiger charge is -2.36. The summed E-state index contributed by atoms with van der Waals surface area (Å²) in [7, 11) is 0. The maximum Gasteiger partial charge on any atom is 0.136 e. The zero-order valence-corrected chi connectivity index (χ0v) is 15.9. The average Bonchev–Trinajstić information content (AvgIpc) is 2.52. The first-order chi connectivity index (χ1) is 10.9. The van der Waals surface area contributed by atoms with E-state index >= 15 is 0 Å². The summed E-state index contributed by atoms with van der Waals surface area (Å²) in [5.74, 6) is 2.81. The third-order valence-electron chi connectivity index (χ3n) is 4.25. The lowest BCUT2D eigenvalue weighted by atomic mass is 9.95. The van der Waals surface area contributed by atoms with E-state index in [0.717, 1.165) is 69.5 Å². The molecule has 1 aromatic heterocycles. The van der Waals surface area contributed by atoms with E-state index in [9.17, 15) is 0 Å². The van der Waals surface area contributed by atoms with E-state index in [1.165, 1.54) is 5.69 Å². The Morgan fingerprint density at radius 3 is 2.39 bits per heavy atom. The number of anilines is 1. The Balaban J connectivity index is 2.11. The molecule has 1 fully saturated rings. The molecular weight excluding hydrogens is 308 g/mol. The van der Waals surface area contributed by atoms with Gasteiger partial charge in [-0.15, -0.1) is 11.6 Å². The van der Waals surface area contributed by atoms with E-state index < -0.39 is 0 Å². The number of halogens is 1. The van der Waals surface area contributed by atoms with Crippen LogP contribution in [0.3, 0.4) is 0 Å². The molecule has 5 heteroatoms. The zero-order valence-electron chi connectivity index (χ0n) is 15.1. The number of aromatic nitrogens is 2. The van der Waals surface area contributed by atoms with Gasteiger partial charge in [0.2, 0.25) is 0 Å². The molecule has 130 valence electrons. The molecule has 0 unspecified atom stereocenters. The molecular formula is C18H31ClN4. The van der Waals surface area contributed by atoms with Crippen LogP contribution in [-0.2, 0) is 11.8 Å². The van der Waals surface area contributed by atoms with Gasteiger partial charge in [0.1, 0.15) is 11.6 Å². The summed E-state index contributed by atoms with van der Waals surface area (Å²) >= 11 is 5.80. The molecule has 0 amide bonds. The van der Waals surface area contributed by atoms with Crippen molar-refractivity contribution in [1.82, 2.24) is 14.9 Å². The minimum atomic E-state index is -0.0132. The van der Waals surface area contributed by atoms with Gasteiger partial charge in [0.05, 0.1) is 0 Å². The fourth-order valence-corrected chi connectivity index (χ4v) is 2.97. The number of rotatable bonds is 6. The molecule has 4 nitrogen and oxygen atoms in total. The Hall–Kier alpha value is -0.870. The highest BCUT2D eigenvalue weighted by molar-refractivity contribution is 6.17. The van der Waals surface area contributed by atoms with Crippen LogP contribution >= 0.6 is 11.6 Å². The number of hydrogen-bond acceptors (Lipinski definition) is 4. The van der Waals surface area contributed by atoms with Gasteiger partial charge in [0.25, 0.3) is 0 Å². The predicted molar refractivity (Wildman–Crippen MR) is 98.7 cm³/mol. The quantitative estimate of drug-likeness (QED) is 0.743. The van der Waals surface area contributed by atoms with Crippen LogP contribution in [0.5, 0.6) is 0 Å². The Morgan fingerprint density at radius 2 is 1.83 bits per heavy atom. The van der Waals surface area contributed by atoms with Gasteiger partial charge in [-0.3, -0.25) is 4.90 Å². The maximum absolute atomic E-state index is 5.80. The fraction of sp³-hybridized carbons (Fsp3) is 0.778. The number of piperazine rings is 1. The topological polar surface area (TPSA) is 32.3 Å². The summed E-state index contributed by atoms with van der Waals surface area (Å²) in [4.78, 5) is 14.6. The molecule has 1 aromatic rings. The predicted octanol–water partition coefficient (Wildman–Crippen LogP) is 3.48. The maximum atomic E-state index is 5.80. The van der Waals surface area contributed by atoms with E-state index in [1.54, 1.807) is 0 Å². The molecule has 2 rings (SSSR count). The summed E-state index contributed by atoms with van der Waals surface area (Å²) < 4.78 is 0. The van der Waals surface area contributed by atoms with Gasteiger partial charge in [0, 0.05) is 49.2 Å². The van der Waals surface area contributed by atoms with Gasteiger partial charge < -0.3 is 4.90 Å². The second-order valence-electron chi connectivity index (χ2n) is 7.41. The Kier molecular flexibility index (Phi) is 6.66. The van der Waals surface area contributed by atoms with E-state index in [1.807, 2.05) is 0 Å². The minimum Gasteiger partial charge on any atom is -0.354 e. The molecule has 2 heterocycles. The van der Waals surface area contributed by atoms with Crippen LogP contribution < -0.4 is 4.90 Å². The monoisotopic (exact) mass is 338 g/mol. The SMILES string of the molecule is CCCc1cc(N2CCN(CCCCl)CC2)nc(C(C)(C)C)n1. The Labute approximate surface area is 146 Å². The van der Waals surface area contributed by atoms with E-state index in [2.05, 4.69) is 43.6 Å². The molecule has 1 aliphatic rings. The molecule has 0 atom stereocenters. The van der Waals surface area contributed by atoms with Crippen LogP contribution in [-0.4, -0.2) is 53.5 Å². The number of alkyl halides is 1. The van der Waals surface area contributed by atoms with Crippen molar-refractivity contribution in [2.75, 3.05) is 43.5 Å². The second-order valence-corrected chi connectivity index (χ2v) is 7.79. The standard InChI is InChI=1S/C18H31ClN4/c1-5-7-15-14-16(21-17(20-15)18(2,3)4)23-12-10-22(11-13-23)9-6-8-19/h14H,5-13H2,1-4H3. The first-order valence-electron chi connectivity index (χ1n) is 8.85. The highest BCUT2D eigenvalue weighted by atomic mass is 35.5. The smallest absolute Gasteiger partial charge is 0.136 e. The van der Waals surface area contributed by atoms with Crippen LogP contribution in [0.2, 0.25) is 0 Å². The normalized spacial score (nSPS) is 16.8. The molecule has 0 aromatic carbocycles. The summed E-state index contributed by atoms with van der Waals surface area (Å²) in [6.07, 6.45) is 3.21. The Morgan fingerprint density at radius 1 is 1.13 bits per heavy atom. The number of hydrogen-bond donors (Lipinski definition) is 0. The van der Waals surface area contributed by atoms with Crippen LogP contribution in [0.4, 0.5) is 5.82 Å². The van der Waals surface area contributed by atoms with Gasteiger partial charge in [-0.1, -0.05) is 34.1 Å².